The van der Waals surface area contributed by atoms with Crippen molar-refractivity contribution < 1.29 is 4.42 Å². The van der Waals surface area contributed by atoms with Gasteiger partial charge in [0.15, 0.2) is 0 Å². The van der Waals surface area contributed by atoms with Crippen molar-refractivity contribution in [3.63, 3.8) is 0 Å². The Balaban J connectivity index is 1.17. The summed E-state index contributed by atoms with van der Waals surface area (Å²) < 4.78 is 8.97. The molecule has 0 radical (unpaired) electrons. The first-order valence-corrected chi connectivity index (χ1v) is 20.4. The number of hydrogen-bond acceptors (Lipinski definition) is 2. The number of para-hydroxylation sites is 3. The first-order valence-electron chi connectivity index (χ1n) is 20.4. The molecule has 11 rings (SSSR count). The summed E-state index contributed by atoms with van der Waals surface area (Å²) in [5.74, 6) is 0. The number of fused-ring (bicyclic) bond motifs is 7. The summed E-state index contributed by atoms with van der Waals surface area (Å²) >= 11 is 0. The number of rotatable bonds is 6. The molecule has 0 fully saturated rings. The van der Waals surface area contributed by atoms with Crippen molar-refractivity contribution in [1.29, 1.82) is 0 Å². The van der Waals surface area contributed by atoms with Crippen molar-refractivity contribution in [2.75, 3.05) is 4.90 Å². The molecule has 2 heterocycles. The topological polar surface area (TPSA) is 21.3 Å². The molecule has 8 aromatic carbocycles. The summed E-state index contributed by atoms with van der Waals surface area (Å²) in [6.45, 7) is 9.58. The molecule has 0 spiro atoms. The van der Waals surface area contributed by atoms with E-state index in [0.29, 0.717) is 0 Å². The summed E-state index contributed by atoms with van der Waals surface area (Å²) in [6, 6.07) is 66.2. The van der Waals surface area contributed by atoms with E-state index < -0.39 is 0 Å². The minimum atomic E-state index is 0.109. The zero-order valence-electron chi connectivity index (χ0n) is 33.3. The van der Waals surface area contributed by atoms with E-state index in [1.165, 1.54) is 55.4 Å². The number of furan rings is 1. The lowest BCUT2D eigenvalue weighted by atomic mass is 9.82. The third-order valence-corrected chi connectivity index (χ3v) is 12.6. The van der Waals surface area contributed by atoms with Crippen molar-refractivity contribution in [3.8, 4) is 27.9 Å². The van der Waals surface area contributed by atoms with Crippen LogP contribution in [0.4, 0.5) is 17.1 Å². The average Bonchev–Trinajstić information content (AvgIpc) is 3.86. The van der Waals surface area contributed by atoms with Gasteiger partial charge in [-0.1, -0.05) is 155 Å². The van der Waals surface area contributed by atoms with E-state index in [2.05, 4.69) is 213 Å². The fourth-order valence-electron chi connectivity index (χ4n) is 10.3. The zero-order chi connectivity index (χ0) is 39.2. The molecule has 0 N–H and O–H groups in total. The summed E-state index contributed by atoms with van der Waals surface area (Å²) in [6.07, 6.45) is 1.14. The molecule has 58 heavy (non-hydrogen) atoms. The monoisotopic (exact) mass is 748 g/mol. The lowest BCUT2D eigenvalue weighted by Crippen LogP contribution is -2.17. The van der Waals surface area contributed by atoms with Gasteiger partial charge in [-0.3, -0.25) is 0 Å². The molecule has 0 aliphatic heterocycles. The highest BCUT2D eigenvalue weighted by atomic mass is 16.3. The van der Waals surface area contributed by atoms with Gasteiger partial charge in [0.1, 0.15) is 11.2 Å². The van der Waals surface area contributed by atoms with E-state index in [1.807, 2.05) is 6.07 Å². The van der Waals surface area contributed by atoms with Crippen LogP contribution in [0.2, 0.25) is 0 Å². The molecule has 280 valence electrons. The molecule has 0 amide bonds. The highest BCUT2D eigenvalue weighted by Crippen LogP contribution is 2.51. The lowest BCUT2D eigenvalue weighted by molar-refractivity contribution is 0.403. The standard InChI is InChI=1S/C55H44N2O/c1-54(2)35-55(3,4)44-34-38(30-33-43(44)54)40-18-8-11-21-45(40)57-46-22-12-9-19-41(46)52-47(23-14-24-48(52)57)56(39-31-28-37(29-32-39)36-16-6-5-7-17-36)49-25-15-27-51-53(49)42-20-10-13-26-50(42)58-51/h5-34H,35H2,1-4H3. The number of nitrogens with zero attached hydrogens (tertiary/aromatic N) is 2. The Kier molecular flexibility index (Phi) is 7.62. The normalized spacial score (nSPS) is 14.4. The van der Waals surface area contributed by atoms with Gasteiger partial charge >= 0.3 is 0 Å². The van der Waals surface area contributed by atoms with E-state index in [9.17, 15) is 0 Å². The smallest absolute Gasteiger partial charge is 0.137 e. The van der Waals surface area contributed by atoms with Crippen LogP contribution in [0, 0.1) is 0 Å². The first-order chi connectivity index (χ1) is 28.3. The molecule has 0 saturated carbocycles. The predicted octanol–water partition coefficient (Wildman–Crippen LogP) is 15.4. The largest absolute Gasteiger partial charge is 0.456 e. The van der Waals surface area contributed by atoms with E-state index in [4.69, 9.17) is 4.42 Å². The highest BCUT2D eigenvalue weighted by Gasteiger charge is 2.42. The van der Waals surface area contributed by atoms with E-state index in [0.717, 1.165) is 50.9 Å². The van der Waals surface area contributed by atoms with Crippen LogP contribution in [0.3, 0.4) is 0 Å². The average molecular weight is 749 g/mol. The SMILES string of the molecule is CC1(C)CC(C)(C)c2cc(-c3ccccc3-n3c4ccccc4c4c(N(c5ccc(-c6ccccc6)cc5)c5cccc6oc7ccccc7c56)cccc43)ccc21. The highest BCUT2D eigenvalue weighted by molar-refractivity contribution is 6.19. The van der Waals surface area contributed by atoms with E-state index in [-0.39, 0.29) is 10.8 Å². The predicted molar refractivity (Wildman–Crippen MR) is 244 cm³/mol. The number of aromatic nitrogens is 1. The van der Waals surface area contributed by atoms with Crippen LogP contribution in [0.25, 0.3) is 71.7 Å². The molecule has 0 bridgehead atoms. The maximum atomic E-state index is 6.49. The Morgan fingerprint density at radius 2 is 1.07 bits per heavy atom. The second kappa shape index (κ2) is 12.8. The Labute approximate surface area is 339 Å². The van der Waals surface area contributed by atoms with Gasteiger partial charge in [0, 0.05) is 27.4 Å². The molecule has 0 atom stereocenters. The fourth-order valence-corrected chi connectivity index (χ4v) is 10.3. The van der Waals surface area contributed by atoms with Crippen molar-refractivity contribution in [1.82, 2.24) is 4.57 Å². The number of benzene rings is 8. The molecule has 10 aromatic rings. The van der Waals surface area contributed by atoms with Gasteiger partial charge < -0.3 is 13.9 Å². The van der Waals surface area contributed by atoms with E-state index in [1.54, 1.807) is 0 Å². The number of hydrogen-bond donors (Lipinski definition) is 0. The van der Waals surface area contributed by atoms with Gasteiger partial charge in [-0.2, -0.15) is 0 Å². The molecule has 3 heteroatoms. The van der Waals surface area contributed by atoms with Crippen molar-refractivity contribution in [2.45, 2.75) is 44.9 Å². The second-order valence-electron chi connectivity index (χ2n) is 17.2. The summed E-state index contributed by atoms with van der Waals surface area (Å²) in [4.78, 5) is 2.44. The van der Waals surface area contributed by atoms with Gasteiger partial charge in [0.25, 0.3) is 0 Å². The lowest BCUT2D eigenvalue weighted by Gasteiger charge is -2.27. The molecule has 3 nitrogen and oxygen atoms in total. The Morgan fingerprint density at radius 3 is 1.90 bits per heavy atom. The quantitative estimate of drug-likeness (QED) is 0.169. The molecule has 2 aromatic heterocycles. The fraction of sp³-hybridized carbons (Fsp3) is 0.127. The summed E-state index contributed by atoms with van der Waals surface area (Å²) in [5, 5.41) is 4.60. The van der Waals surface area contributed by atoms with Gasteiger partial charge in [-0.05, 0) is 99.7 Å². The maximum absolute atomic E-state index is 6.49. The van der Waals surface area contributed by atoms with Crippen LogP contribution >= 0.6 is 0 Å². The molecular formula is C55H44N2O. The Morgan fingerprint density at radius 1 is 0.466 bits per heavy atom. The molecule has 1 aliphatic rings. The Bertz CT molecular complexity index is 3200. The molecule has 0 unspecified atom stereocenters. The molecular weight excluding hydrogens is 705 g/mol. The van der Waals surface area contributed by atoms with Crippen molar-refractivity contribution >= 4 is 60.8 Å². The van der Waals surface area contributed by atoms with Crippen LogP contribution < -0.4 is 4.90 Å². The van der Waals surface area contributed by atoms with Crippen LogP contribution in [-0.2, 0) is 10.8 Å². The van der Waals surface area contributed by atoms with Gasteiger partial charge in [0.2, 0.25) is 0 Å². The molecule has 0 saturated heterocycles. The van der Waals surface area contributed by atoms with Crippen LogP contribution in [0.1, 0.15) is 45.2 Å². The molecule has 1 aliphatic carbocycles. The summed E-state index contributed by atoms with van der Waals surface area (Å²) in [5.41, 5.74) is 16.6. The van der Waals surface area contributed by atoms with Crippen LogP contribution in [0.15, 0.2) is 186 Å². The van der Waals surface area contributed by atoms with Crippen molar-refractivity contribution in [3.05, 3.63) is 193 Å². The summed E-state index contributed by atoms with van der Waals surface area (Å²) in [7, 11) is 0. The third-order valence-electron chi connectivity index (χ3n) is 12.6. The third kappa shape index (κ3) is 5.27. The maximum Gasteiger partial charge on any atom is 0.137 e. The van der Waals surface area contributed by atoms with Gasteiger partial charge in [-0.15, -0.1) is 0 Å². The van der Waals surface area contributed by atoms with Crippen LogP contribution in [-0.4, -0.2) is 4.57 Å². The van der Waals surface area contributed by atoms with Crippen LogP contribution in [0.5, 0.6) is 0 Å². The zero-order valence-corrected chi connectivity index (χ0v) is 33.3. The van der Waals surface area contributed by atoms with E-state index >= 15 is 0 Å². The first kappa shape index (κ1) is 34.4. The van der Waals surface area contributed by atoms with Gasteiger partial charge in [0.05, 0.1) is 33.5 Å². The minimum Gasteiger partial charge on any atom is -0.456 e. The minimum absolute atomic E-state index is 0.109. The second-order valence-corrected chi connectivity index (χ2v) is 17.2. The number of anilines is 3. The van der Waals surface area contributed by atoms with Gasteiger partial charge in [-0.25, -0.2) is 0 Å². The Hall–Kier alpha value is -6.84. The van der Waals surface area contributed by atoms with Crippen molar-refractivity contribution in [2.24, 2.45) is 0 Å².